The van der Waals surface area contributed by atoms with Crippen molar-refractivity contribution in [3.63, 3.8) is 0 Å². The van der Waals surface area contributed by atoms with Crippen molar-refractivity contribution in [2.24, 2.45) is 5.92 Å². The van der Waals surface area contributed by atoms with Gasteiger partial charge in [0, 0.05) is 11.4 Å². The second-order valence-corrected chi connectivity index (χ2v) is 6.28. The zero-order valence-electron chi connectivity index (χ0n) is 12.8. The van der Waals surface area contributed by atoms with Gasteiger partial charge >= 0.3 is 0 Å². The maximum atomic E-state index is 12.2. The molecule has 0 aliphatic heterocycles. The number of nitrogens with one attached hydrogen (secondary N) is 1. The zero-order valence-corrected chi connectivity index (χ0v) is 12.8. The van der Waals surface area contributed by atoms with Crippen LogP contribution in [0.5, 0.6) is 0 Å². The Balaban J connectivity index is 1.66. The van der Waals surface area contributed by atoms with E-state index in [1.165, 1.54) is 12.8 Å². The third-order valence-corrected chi connectivity index (χ3v) is 4.52. The molecule has 1 heterocycles. The van der Waals surface area contributed by atoms with Crippen LogP contribution in [-0.4, -0.2) is 21.7 Å². The average Bonchev–Trinajstić information content (AvgIpc) is 2.78. The van der Waals surface area contributed by atoms with Crippen LogP contribution in [0.3, 0.4) is 0 Å². The van der Waals surface area contributed by atoms with E-state index in [9.17, 15) is 4.79 Å². The number of fused-ring (bicyclic) bond motifs is 1. The lowest BCUT2D eigenvalue weighted by Crippen LogP contribution is -2.39. The lowest BCUT2D eigenvalue weighted by molar-refractivity contribution is -0.122. The molecule has 4 heteroatoms. The number of hydrogen-bond donors (Lipinski definition) is 1. The summed E-state index contributed by atoms with van der Waals surface area (Å²) in [5, 5.41) is 8.77. The molecule has 4 nitrogen and oxygen atoms in total. The second kappa shape index (κ2) is 5.88. The minimum atomic E-state index is 0.0720. The number of carbonyl (C=O) groups is 1. The molecule has 1 fully saturated rings. The summed E-state index contributed by atoms with van der Waals surface area (Å²) >= 11 is 0. The SMILES string of the molecule is Cc1nn(CC(=O)NC2CCC(C)CC2)c2ccccc12. The van der Waals surface area contributed by atoms with E-state index < -0.39 is 0 Å². The largest absolute Gasteiger partial charge is 0.352 e. The van der Waals surface area contributed by atoms with E-state index in [0.717, 1.165) is 35.4 Å². The quantitative estimate of drug-likeness (QED) is 0.942. The number of aryl methyl sites for hydroxylation is 1. The van der Waals surface area contributed by atoms with E-state index in [2.05, 4.69) is 23.4 Å². The van der Waals surface area contributed by atoms with Crippen LogP contribution in [0.15, 0.2) is 24.3 Å². The molecule has 0 saturated heterocycles. The highest BCUT2D eigenvalue weighted by atomic mass is 16.2. The second-order valence-electron chi connectivity index (χ2n) is 6.28. The third-order valence-electron chi connectivity index (χ3n) is 4.52. The third kappa shape index (κ3) is 3.09. The molecule has 1 saturated carbocycles. The van der Waals surface area contributed by atoms with Crippen LogP contribution >= 0.6 is 0 Å². The van der Waals surface area contributed by atoms with Crippen LogP contribution < -0.4 is 5.32 Å². The molecular formula is C17H23N3O. The first-order valence-electron chi connectivity index (χ1n) is 7.85. The minimum absolute atomic E-state index is 0.0720. The molecule has 1 aliphatic carbocycles. The topological polar surface area (TPSA) is 46.9 Å². The number of hydrogen-bond acceptors (Lipinski definition) is 2. The van der Waals surface area contributed by atoms with Crippen molar-refractivity contribution in [3.8, 4) is 0 Å². The summed E-state index contributed by atoms with van der Waals surface area (Å²) < 4.78 is 1.81. The van der Waals surface area contributed by atoms with Crippen LogP contribution in [0.2, 0.25) is 0 Å². The van der Waals surface area contributed by atoms with Crippen molar-refractivity contribution < 1.29 is 4.79 Å². The summed E-state index contributed by atoms with van der Waals surface area (Å²) in [5.74, 6) is 0.874. The van der Waals surface area contributed by atoms with Gasteiger partial charge in [-0.3, -0.25) is 9.48 Å². The van der Waals surface area contributed by atoms with Crippen molar-refractivity contribution in [2.45, 2.75) is 52.1 Å². The molecule has 1 aliphatic rings. The van der Waals surface area contributed by atoms with E-state index in [0.29, 0.717) is 12.6 Å². The Morgan fingerprint density at radius 3 is 2.76 bits per heavy atom. The maximum absolute atomic E-state index is 12.2. The molecular weight excluding hydrogens is 262 g/mol. The molecule has 3 rings (SSSR count). The summed E-state index contributed by atoms with van der Waals surface area (Å²) in [5.41, 5.74) is 2.01. The molecule has 2 aromatic rings. The fourth-order valence-electron chi connectivity index (χ4n) is 3.23. The number of benzene rings is 1. The van der Waals surface area contributed by atoms with Gasteiger partial charge in [-0.25, -0.2) is 0 Å². The number of para-hydroxylation sites is 1. The average molecular weight is 285 g/mol. The van der Waals surface area contributed by atoms with Gasteiger partial charge < -0.3 is 5.32 Å². The number of rotatable bonds is 3. The predicted molar refractivity (Wildman–Crippen MR) is 84.0 cm³/mol. The Morgan fingerprint density at radius 2 is 2.00 bits per heavy atom. The van der Waals surface area contributed by atoms with Crippen LogP contribution in [0.25, 0.3) is 10.9 Å². The standard InChI is InChI=1S/C17H23N3O/c1-12-7-9-14(10-8-12)18-17(21)11-20-16-6-4-3-5-15(16)13(2)19-20/h3-6,12,14H,7-11H2,1-2H3,(H,18,21). The lowest BCUT2D eigenvalue weighted by Gasteiger charge is -2.26. The molecule has 0 atom stereocenters. The number of aromatic nitrogens is 2. The molecule has 1 N–H and O–H groups in total. The van der Waals surface area contributed by atoms with Crippen LogP contribution in [0.4, 0.5) is 0 Å². The summed E-state index contributed by atoms with van der Waals surface area (Å²) in [7, 11) is 0. The first-order chi connectivity index (χ1) is 10.1. The monoisotopic (exact) mass is 285 g/mol. The molecule has 1 aromatic carbocycles. The van der Waals surface area contributed by atoms with Gasteiger partial charge in [0.25, 0.3) is 0 Å². The lowest BCUT2D eigenvalue weighted by atomic mass is 9.87. The normalized spacial score (nSPS) is 22.4. The van der Waals surface area contributed by atoms with Gasteiger partial charge in [0.1, 0.15) is 6.54 Å². The number of amides is 1. The minimum Gasteiger partial charge on any atom is -0.352 e. The summed E-state index contributed by atoms with van der Waals surface area (Å²) in [4.78, 5) is 12.2. The van der Waals surface area contributed by atoms with Crippen molar-refractivity contribution >= 4 is 16.8 Å². The van der Waals surface area contributed by atoms with E-state index >= 15 is 0 Å². The summed E-state index contributed by atoms with van der Waals surface area (Å²) in [6.45, 7) is 4.58. The van der Waals surface area contributed by atoms with E-state index in [1.807, 2.05) is 29.8 Å². The zero-order chi connectivity index (χ0) is 14.8. The van der Waals surface area contributed by atoms with Gasteiger partial charge in [-0.1, -0.05) is 25.1 Å². The maximum Gasteiger partial charge on any atom is 0.241 e. The molecule has 1 amide bonds. The van der Waals surface area contributed by atoms with Gasteiger partial charge in [0.2, 0.25) is 5.91 Å². The van der Waals surface area contributed by atoms with Crippen molar-refractivity contribution in [2.75, 3.05) is 0 Å². The Hall–Kier alpha value is -1.84. The van der Waals surface area contributed by atoms with Gasteiger partial charge in [0.05, 0.1) is 11.2 Å². The van der Waals surface area contributed by atoms with E-state index in [4.69, 9.17) is 0 Å². The highest BCUT2D eigenvalue weighted by molar-refractivity contribution is 5.84. The highest BCUT2D eigenvalue weighted by Gasteiger charge is 2.20. The van der Waals surface area contributed by atoms with Crippen LogP contribution in [0, 0.1) is 12.8 Å². The highest BCUT2D eigenvalue weighted by Crippen LogP contribution is 2.23. The fraction of sp³-hybridized carbons (Fsp3) is 0.529. The molecule has 0 unspecified atom stereocenters. The summed E-state index contributed by atoms with van der Waals surface area (Å²) in [6, 6.07) is 8.40. The van der Waals surface area contributed by atoms with Crippen LogP contribution in [0.1, 0.15) is 38.3 Å². The molecule has 0 bridgehead atoms. The first-order valence-corrected chi connectivity index (χ1v) is 7.85. The van der Waals surface area contributed by atoms with Crippen molar-refractivity contribution in [1.29, 1.82) is 0 Å². The van der Waals surface area contributed by atoms with Crippen molar-refractivity contribution in [3.05, 3.63) is 30.0 Å². The van der Waals surface area contributed by atoms with Crippen molar-refractivity contribution in [1.82, 2.24) is 15.1 Å². The van der Waals surface area contributed by atoms with Gasteiger partial charge in [0.15, 0.2) is 0 Å². The van der Waals surface area contributed by atoms with E-state index in [1.54, 1.807) is 0 Å². The molecule has 1 aromatic heterocycles. The molecule has 112 valence electrons. The van der Waals surface area contributed by atoms with Gasteiger partial charge in [-0.2, -0.15) is 5.10 Å². The predicted octanol–water partition coefficient (Wildman–Crippen LogP) is 3.04. The summed E-state index contributed by atoms with van der Waals surface area (Å²) in [6.07, 6.45) is 4.64. The van der Waals surface area contributed by atoms with Crippen LogP contribution in [-0.2, 0) is 11.3 Å². The molecule has 0 spiro atoms. The smallest absolute Gasteiger partial charge is 0.241 e. The molecule has 0 radical (unpaired) electrons. The Kier molecular flexibility index (Phi) is 3.95. The van der Waals surface area contributed by atoms with E-state index in [-0.39, 0.29) is 5.91 Å². The van der Waals surface area contributed by atoms with Gasteiger partial charge in [-0.15, -0.1) is 0 Å². The van der Waals surface area contributed by atoms with Gasteiger partial charge in [-0.05, 0) is 44.6 Å². The first kappa shape index (κ1) is 14.1. The fourth-order valence-corrected chi connectivity index (χ4v) is 3.23. The Morgan fingerprint density at radius 1 is 1.29 bits per heavy atom. The molecule has 21 heavy (non-hydrogen) atoms. The Labute approximate surface area is 125 Å². The Bertz CT molecular complexity index is 639. The number of carbonyl (C=O) groups excluding carboxylic acids is 1. The number of nitrogens with zero attached hydrogens (tertiary/aromatic N) is 2.